The van der Waals surface area contributed by atoms with Crippen LogP contribution >= 0.6 is 0 Å². The van der Waals surface area contributed by atoms with Crippen LogP contribution in [0.2, 0.25) is 0 Å². The summed E-state index contributed by atoms with van der Waals surface area (Å²) < 4.78 is 5.32. The molecule has 5 nitrogen and oxygen atoms in total. The number of amides is 1. The van der Waals surface area contributed by atoms with Gasteiger partial charge in [0.2, 0.25) is 0 Å². The second-order valence-electron chi connectivity index (χ2n) is 6.67. The molecule has 4 rings (SSSR count). The van der Waals surface area contributed by atoms with Gasteiger partial charge in [0.15, 0.2) is 0 Å². The summed E-state index contributed by atoms with van der Waals surface area (Å²) in [5.74, 6) is 0.451. The molecule has 0 fully saturated rings. The monoisotopic (exact) mass is 384 g/mol. The Morgan fingerprint density at radius 1 is 0.931 bits per heavy atom. The molecule has 1 amide bonds. The molecule has 5 heteroatoms. The number of aromatic nitrogens is 1. The van der Waals surface area contributed by atoms with Crippen molar-refractivity contribution in [3.8, 4) is 5.75 Å². The number of aromatic amines is 1. The Kier molecular flexibility index (Phi) is 5.12. The molecule has 1 aromatic heterocycles. The first-order valence-electron chi connectivity index (χ1n) is 9.27. The molecule has 1 heterocycles. The van der Waals surface area contributed by atoms with Gasteiger partial charge in [-0.2, -0.15) is 0 Å². The summed E-state index contributed by atoms with van der Waals surface area (Å²) >= 11 is 0. The van der Waals surface area contributed by atoms with Crippen molar-refractivity contribution in [2.45, 2.75) is 6.54 Å². The van der Waals surface area contributed by atoms with Crippen molar-refractivity contribution in [1.29, 1.82) is 0 Å². The Labute approximate surface area is 168 Å². The Morgan fingerprint density at radius 3 is 2.48 bits per heavy atom. The van der Waals surface area contributed by atoms with Gasteiger partial charge in [-0.3, -0.25) is 9.59 Å². The maximum Gasteiger partial charge on any atom is 0.258 e. The highest BCUT2D eigenvalue weighted by molar-refractivity contribution is 6.06. The van der Waals surface area contributed by atoms with Crippen LogP contribution in [-0.4, -0.2) is 18.0 Å². The average Bonchev–Trinajstić information content (AvgIpc) is 2.77. The second-order valence-corrected chi connectivity index (χ2v) is 6.67. The first-order chi connectivity index (χ1) is 14.2. The summed E-state index contributed by atoms with van der Waals surface area (Å²) in [7, 11) is 1.58. The zero-order valence-corrected chi connectivity index (χ0v) is 16.0. The molecule has 0 spiro atoms. The lowest BCUT2D eigenvalue weighted by molar-refractivity contribution is 0.0985. The number of nitrogens with zero attached hydrogens (tertiary/aromatic N) is 1. The molecule has 0 unspecified atom stereocenters. The number of nitrogens with one attached hydrogen (secondary N) is 1. The fourth-order valence-corrected chi connectivity index (χ4v) is 3.28. The summed E-state index contributed by atoms with van der Waals surface area (Å²) in [5.41, 5.74) is 2.27. The Bertz CT molecular complexity index is 1220. The van der Waals surface area contributed by atoms with E-state index in [4.69, 9.17) is 4.74 Å². The molecular weight excluding hydrogens is 364 g/mol. The Hall–Kier alpha value is -3.86. The number of para-hydroxylation sites is 1. The number of hydrogen-bond acceptors (Lipinski definition) is 3. The molecule has 144 valence electrons. The van der Waals surface area contributed by atoms with Crippen molar-refractivity contribution in [2.24, 2.45) is 0 Å². The van der Waals surface area contributed by atoms with E-state index >= 15 is 0 Å². The smallest absolute Gasteiger partial charge is 0.258 e. The van der Waals surface area contributed by atoms with Gasteiger partial charge in [0.25, 0.3) is 11.5 Å². The Balaban J connectivity index is 1.79. The van der Waals surface area contributed by atoms with Crippen LogP contribution in [-0.2, 0) is 6.54 Å². The molecule has 0 bridgehead atoms. The van der Waals surface area contributed by atoms with E-state index in [1.807, 2.05) is 66.7 Å². The summed E-state index contributed by atoms with van der Waals surface area (Å²) in [6, 6.07) is 25.7. The third kappa shape index (κ3) is 3.89. The van der Waals surface area contributed by atoms with Gasteiger partial charge in [0, 0.05) is 28.4 Å². The van der Waals surface area contributed by atoms with Crippen LogP contribution in [0.1, 0.15) is 15.9 Å². The largest absolute Gasteiger partial charge is 0.497 e. The highest BCUT2D eigenvalue weighted by Gasteiger charge is 2.20. The molecule has 0 aliphatic rings. The quantitative estimate of drug-likeness (QED) is 0.555. The molecule has 0 atom stereocenters. The van der Waals surface area contributed by atoms with E-state index in [9.17, 15) is 9.59 Å². The number of carbonyl (C=O) groups is 1. The van der Waals surface area contributed by atoms with E-state index < -0.39 is 0 Å². The standard InChI is InChI=1S/C24H20N2O3/c1-29-21-12-7-11-20(15-21)26(24(28)17-8-3-2-4-9-17)16-19-14-18-10-5-6-13-22(18)25-23(19)27/h2-15H,16H2,1H3,(H,25,27). The van der Waals surface area contributed by atoms with Gasteiger partial charge < -0.3 is 14.6 Å². The fourth-order valence-electron chi connectivity index (χ4n) is 3.28. The molecule has 1 N–H and O–H groups in total. The first kappa shape index (κ1) is 18.5. The zero-order valence-electron chi connectivity index (χ0n) is 16.0. The fraction of sp³-hybridized carbons (Fsp3) is 0.0833. The SMILES string of the molecule is COc1cccc(N(Cc2cc3ccccc3[nH]c2=O)C(=O)c2ccccc2)c1. The van der Waals surface area contributed by atoms with E-state index in [-0.39, 0.29) is 18.0 Å². The molecule has 0 saturated carbocycles. The molecule has 0 radical (unpaired) electrons. The van der Waals surface area contributed by atoms with Gasteiger partial charge in [-0.15, -0.1) is 0 Å². The van der Waals surface area contributed by atoms with Gasteiger partial charge in [-0.25, -0.2) is 0 Å². The normalized spacial score (nSPS) is 10.7. The summed E-state index contributed by atoms with van der Waals surface area (Å²) in [6.45, 7) is 0.140. The van der Waals surface area contributed by atoms with Crippen LogP contribution in [0.4, 0.5) is 5.69 Å². The highest BCUT2D eigenvalue weighted by Crippen LogP contribution is 2.24. The molecule has 3 aromatic carbocycles. The predicted octanol–water partition coefficient (Wildman–Crippen LogP) is 4.38. The van der Waals surface area contributed by atoms with Crippen molar-refractivity contribution in [3.63, 3.8) is 0 Å². The van der Waals surface area contributed by atoms with Gasteiger partial charge >= 0.3 is 0 Å². The number of pyridine rings is 1. The maximum absolute atomic E-state index is 13.3. The van der Waals surface area contributed by atoms with Crippen LogP contribution in [0, 0.1) is 0 Å². The van der Waals surface area contributed by atoms with Crippen LogP contribution in [0.3, 0.4) is 0 Å². The predicted molar refractivity (Wildman–Crippen MR) is 115 cm³/mol. The van der Waals surface area contributed by atoms with E-state index in [1.54, 1.807) is 30.2 Å². The topological polar surface area (TPSA) is 62.4 Å². The lowest BCUT2D eigenvalue weighted by atomic mass is 10.1. The van der Waals surface area contributed by atoms with Crippen molar-refractivity contribution >= 4 is 22.5 Å². The van der Waals surface area contributed by atoms with Crippen molar-refractivity contribution in [3.05, 3.63) is 106 Å². The number of hydrogen-bond donors (Lipinski definition) is 1. The van der Waals surface area contributed by atoms with E-state index in [0.717, 1.165) is 10.9 Å². The van der Waals surface area contributed by atoms with Gasteiger partial charge in [0.05, 0.1) is 13.7 Å². The third-order valence-corrected chi connectivity index (χ3v) is 4.79. The van der Waals surface area contributed by atoms with Crippen LogP contribution < -0.4 is 15.2 Å². The van der Waals surface area contributed by atoms with Gasteiger partial charge in [-0.05, 0) is 41.8 Å². The third-order valence-electron chi connectivity index (χ3n) is 4.79. The molecule has 4 aromatic rings. The number of carbonyl (C=O) groups excluding carboxylic acids is 1. The number of methoxy groups -OCH3 is 1. The number of rotatable bonds is 5. The summed E-state index contributed by atoms with van der Waals surface area (Å²) in [6.07, 6.45) is 0. The first-order valence-corrected chi connectivity index (χ1v) is 9.27. The van der Waals surface area contributed by atoms with Crippen molar-refractivity contribution in [1.82, 2.24) is 4.98 Å². The minimum Gasteiger partial charge on any atom is -0.497 e. The molecule has 0 aliphatic carbocycles. The van der Waals surface area contributed by atoms with Gasteiger partial charge in [0.1, 0.15) is 5.75 Å². The summed E-state index contributed by atoms with van der Waals surface area (Å²) in [4.78, 5) is 30.5. The number of fused-ring (bicyclic) bond motifs is 1. The van der Waals surface area contributed by atoms with Gasteiger partial charge in [-0.1, -0.05) is 42.5 Å². The Morgan fingerprint density at radius 2 is 1.69 bits per heavy atom. The van der Waals surface area contributed by atoms with Crippen LogP contribution in [0.5, 0.6) is 5.75 Å². The number of benzene rings is 3. The average molecular weight is 384 g/mol. The summed E-state index contributed by atoms with van der Waals surface area (Å²) in [5, 5.41) is 0.917. The van der Waals surface area contributed by atoms with E-state index in [2.05, 4.69) is 4.98 Å². The lowest BCUT2D eigenvalue weighted by Crippen LogP contribution is -2.32. The molecule has 0 saturated heterocycles. The highest BCUT2D eigenvalue weighted by atomic mass is 16.5. The maximum atomic E-state index is 13.3. The minimum absolute atomic E-state index is 0.140. The molecule has 29 heavy (non-hydrogen) atoms. The lowest BCUT2D eigenvalue weighted by Gasteiger charge is -2.23. The second kappa shape index (κ2) is 8.02. The molecule has 0 aliphatic heterocycles. The minimum atomic E-state index is -0.211. The van der Waals surface area contributed by atoms with E-state index in [1.165, 1.54) is 0 Å². The van der Waals surface area contributed by atoms with E-state index in [0.29, 0.717) is 22.6 Å². The van der Waals surface area contributed by atoms with Crippen molar-refractivity contribution < 1.29 is 9.53 Å². The number of ether oxygens (including phenoxy) is 1. The number of anilines is 1. The molecular formula is C24H20N2O3. The number of H-pyrrole nitrogens is 1. The van der Waals surface area contributed by atoms with Crippen LogP contribution in [0.25, 0.3) is 10.9 Å². The zero-order chi connectivity index (χ0) is 20.2. The van der Waals surface area contributed by atoms with Crippen molar-refractivity contribution in [2.75, 3.05) is 12.0 Å². The van der Waals surface area contributed by atoms with Crippen LogP contribution in [0.15, 0.2) is 89.7 Å².